The minimum Gasteiger partial charge on any atom is -0.393 e. The Morgan fingerprint density at radius 2 is 2.26 bits per heavy atom. The molecule has 1 aliphatic rings. The van der Waals surface area contributed by atoms with Crippen molar-refractivity contribution in [3.63, 3.8) is 0 Å². The van der Waals surface area contributed by atoms with Gasteiger partial charge in [0.1, 0.15) is 6.23 Å². The standard InChI is InChI=1S/C10H12F2N2O5/c11-8(12)10(4-15)5(16)3-7(19-10)14-2-1-6(17)13-9(14)18/h1-2,5,7-8,15-16H,3-4H2,(H,13,17,18)/t5-,7+,10+/m0/s1. The number of ether oxygens (including phenoxy) is 1. The molecular formula is C10H12F2N2O5. The van der Waals surface area contributed by atoms with Gasteiger partial charge in [-0.25, -0.2) is 13.6 Å². The van der Waals surface area contributed by atoms with E-state index in [1.807, 2.05) is 4.98 Å². The molecule has 9 heteroatoms. The summed E-state index contributed by atoms with van der Waals surface area (Å²) in [7, 11) is 0. The van der Waals surface area contributed by atoms with E-state index in [1.54, 1.807) is 0 Å². The molecule has 0 saturated carbocycles. The summed E-state index contributed by atoms with van der Waals surface area (Å²) in [6, 6.07) is 1.03. The molecule has 3 N–H and O–H groups in total. The number of rotatable bonds is 3. The maximum absolute atomic E-state index is 12.9. The molecule has 0 amide bonds. The molecule has 1 fully saturated rings. The number of H-pyrrole nitrogens is 1. The monoisotopic (exact) mass is 278 g/mol. The fourth-order valence-electron chi connectivity index (χ4n) is 2.00. The van der Waals surface area contributed by atoms with E-state index >= 15 is 0 Å². The molecule has 19 heavy (non-hydrogen) atoms. The zero-order valence-corrected chi connectivity index (χ0v) is 9.62. The third-order valence-electron chi connectivity index (χ3n) is 3.12. The van der Waals surface area contributed by atoms with Crippen molar-refractivity contribution in [2.45, 2.75) is 30.8 Å². The van der Waals surface area contributed by atoms with Gasteiger partial charge in [-0.2, -0.15) is 0 Å². The van der Waals surface area contributed by atoms with Crippen molar-refractivity contribution in [3.05, 3.63) is 33.1 Å². The van der Waals surface area contributed by atoms with Crippen LogP contribution in [0.25, 0.3) is 0 Å². The zero-order valence-electron chi connectivity index (χ0n) is 9.62. The molecule has 1 aromatic rings. The quantitative estimate of drug-likeness (QED) is 0.645. The van der Waals surface area contributed by atoms with Gasteiger partial charge in [-0.1, -0.05) is 0 Å². The lowest BCUT2D eigenvalue weighted by molar-refractivity contribution is -0.195. The largest absolute Gasteiger partial charge is 0.393 e. The minimum atomic E-state index is -3.11. The Balaban J connectivity index is 2.35. The van der Waals surface area contributed by atoms with Crippen LogP contribution in [0.4, 0.5) is 8.78 Å². The van der Waals surface area contributed by atoms with Gasteiger partial charge >= 0.3 is 5.69 Å². The molecule has 3 atom stereocenters. The zero-order chi connectivity index (χ0) is 14.2. The van der Waals surface area contributed by atoms with E-state index in [0.29, 0.717) is 0 Å². The summed E-state index contributed by atoms with van der Waals surface area (Å²) >= 11 is 0. The van der Waals surface area contributed by atoms with Crippen LogP contribution in [0.15, 0.2) is 21.9 Å². The molecule has 1 aliphatic heterocycles. The summed E-state index contributed by atoms with van der Waals surface area (Å²) in [6.45, 7) is -1.08. The van der Waals surface area contributed by atoms with Crippen LogP contribution in [0, 0.1) is 0 Å². The normalized spacial score (nSPS) is 31.0. The van der Waals surface area contributed by atoms with Crippen molar-refractivity contribution >= 4 is 0 Å². The third kappa shape index (κ3) is 2.20. The van der Waals surface area contributed by atoms with Gasteiger partial charge in [0.15, 0.2) is 5.60 Å². The number of aromatic nitrogens is 2. The number of alkyl halides is 2. The Labute approximate surface area is 105 Å². The van der Waals surface area contributed by atoms with Crippen LogP contribution in [0.3, 0.4) is 0 Å². The summed E-state index contributed by atoms with van der Waals surface area (Å²) in [5.74, 6) is 0. The minimum absolute atomic E-state index is 0.295. The fraction of sp³-hybridized carbons (Fsp3) is 0.600. The Morgan fingerprint density at radius 3 is 2.74 bits per heavy atom. The van der Waals surface area contributed by atoms with E-state index in [4.69, 9.17) is 9.84 Å². The van der Waals surface area contributed by atoms with Crippen molar-refractivity contribution in [2.24, 2.45) is 0 Å². The molecular weight excluding hydrogens is 266 g/mol. The maximum atomic E-state index is 12.9. The molecule has 1 aromatic heterocycles. The average Bonchev–Trinajstić information content (AvgIpc) is 2.67. The van der Waals surface area contributed by atoms with Gasteiger partial charge in [0.05, 0.1) is 12.7 Å². The van der Waals surface area contributed by atoms with Gasteiger partial charge in [0.2, 0.25) is 0 Å². The number of nitrogens with one attached hydrogen (secondary N) is 1. The summed E-state index contributed by atoms with van der Waals surface area (Å²) in [5.41, 5.74) is -3.89. The van der Waals surface area contributed by atoms with E-state index in [2.05, 4.69) is 0 Å². The molecule has 0 bridgehead atoms. The van der Waals surface area contributed by atoms with E-state index in [-0.39, 0.29) is 6.42 Å². The predicted octanol–water partition coefficient (Wildman–Crippen LogP) is -1.19. The van der Waals surface area contributed by atoms with Gasteiger partial charge < -0.3 is 14.9 Å². The smallest absolute Gasteiger partial charge is 0.330 e. The van der Waals surface area contributed by atoms with Crippen LogP contribution in [0.2, 0.25) is 0 Å². The second-order valence-corrected chi connectivity index (χ2v) is 4.26. The van der Waals surface area contributed by atoms with Crippen molar-refractivity contribution in [2.75, 3.05) is 6.61 Å². The summed E-state index contributed by atoms with van der Waals surface area (Å²) in [6.07, 6.45) is -5.13. The SMILES string of the molecule is O=c1ccn([C@H]2C[C@H](O)[C@](CO)(C(F)F)O2)c(=O)[nH]1. The van der Waals surface area contributed by atoms with Crippen molar-refractivity contribution in [1.82, 2.24) is 9.55 Å². The second kappa shape index (κ2) is 4.83. The average molecular weight is 278 g/mol. The van der Waals surface area contributed by atoms with Crippen LogP contribution in [-0.4, -0.2) is 44.5 Å². The lowest BCUT2D eigenvalue weighted by Crippen LogP contribution is -2.49. The first kappa shape index (κ1) is 13.8. The molecule has 1 saturated heterocycles. The number of nitrogens with zero attached hydrogens (tertiary/aromatic N) is 1. The second-order valence-electron chi connectivity index (χ2n) is 4.26. The number of aliphatic hydroxyl groups is 2. The van der Waals surface area contributed by atoms with Gasteiger partial charge in [0.25, 0.3) is 12.0 Å². The molecule has 2 rings (SSSR count). The van der Waals surface area contributed by atoms with Crippen LogP contribution in [-0.2, 0) is 4.74 Å². The topological polar surface area (TPSA) is 105 Å². The van der Waals surface area contributed by atoms with E-state index in [0.717, 1.165) is 16.8 Å². The summed E-state index contributed by atoms with van der Waals surface area (Å²) < 4.78 is 31.7. The van der Waals surface area contributed by atoms with Gasteiger partial charge in [-0.15, -0.1) is 0 Å². The van der Waals surface area contributed by atoms with Crippen LogP contribution < -0.4 is 11.2 Å². The summed E-state index contributed by atoms with van der Waals surface area (Å²) in [5, 5.41) is 18.7. The Hall–Kier alpha value is -1.58. The lowest BCUT2D eigenvalue weighted by Gasteiger charge is -2.28. The first-order valence-electron chi connectivity index (χ1n) is 5.47. The summed E-state index contributed by atoms with van der Waals surface area (Å²) in [4.78, 5) is 24.3. The molecule has 2 heterocycles. The Bertz CT molecular complexity index is 572. The van der Waals surface area contributed by atoms with Gasteiger partial charge in [-0.3, -0.25) is 14.3 Å². The van der Waals surface area contributed by atoms with Crippen LogP contribution in [0.5, 0.6) is 0 Å². The van der Waals surface area contributed by atoms with E-state index < -0.39 is 42.2 Å². The van der Waals surface area contributed by atoms with Crippen molar-refractivity contribution < 1.29 is 23.7 Å². The molecule has 106 valence electrons. The molecule has 0 unspecified atom stereocenters. The molecule has 0 aromatic carbocycles. The van der Waals surface area contributed by atoms with Crippen molar-refractivity contribution in [3.8, 4) is 0 Å². The highest BCUT2D eigenvalue weighted by atomic mass is 19.3. The number of aromatic amines is 1. The van der Waals surface area contributed by atoms with E-state index in [9.17, 15) is 23.5 Å². The highest BCUT2D eigenvalue weighted by Gasteiger charge is 2.55. The molecule has 0 aliphatic carbocycles. The van der Waals surface area contributed by atoms with Crippen LogP contribution in [0.1, 0.15) is 12.6 Å². The first-order valence-corrected chi connectivity index (χ1v) is 5.47. The Morgan fingerprint density at radius 1 is 1.58 bits per heavy atom. The number of hydrogen-bond acceptors (Lipinski definition) is 5. The number of aliphatic hydroxyl groups excluding tert-OH is 2. The van der Waals surface area contributed by atoms with Crippen LogP contribution >= 0.6 is 0 Å². The highest BCUT2D eigenvalue weighted by Crippen LogP contribution is 2.39. The predicted molar refractivity (Wildman–Crippen MR) is 57.9 cm³/mol. The number of halogens is 2. The maximum Gasteiger partial charge on any atom is 0.330 e. The third-order valence-corrected chi connectivity index (χ3v) is 3.12. The molecule has 0 radical (unpaired) electrons. The Kier molecular flexibility index (Phi) is 3.52. The molecule has 0 spiro atoms. The van der Waals surface area contributed by atoms with Gasteiger partial charge in [-0.05, 0) is 0 Å². The molecule has 7 nitrogen and oxygen atoms in total. The fourth-order valence-corrected chi connectivity index (χ4v) is 2.00. The van der Waals surface area contributed by atoms with Gasteiger partial charge in [0, 0.05) is 18.7 Å². The first-order chi connectivity index (χ1) is 8.90. The number of hydrogen-bond donors (Lipinski definition) is 3. The lowest BCUT2D eigenvalue weighted by atomic mass is 9.98. The highest BCUT2D eigenvalue weighted by molar-refractivity contribution is 4.98. The van der Waals surface area contributed by atoms with Crippen molar-refractivity contribution in [1.29, 1.82) is 0 Å². The van der Waals surface area contributed by atoms with E-state index in [1.165, 1.54) is 0 Å².